The maximum absolute atomic E-state index is 15.1. The summed E-state index contributed by atoms with van der Waals surface area (Å²) in [7, 11) is 4.00. The van der Waals surface area contributed by atoms with Gasteiger partial charge in [0, 0.05) is 49.4 Å². The molecule has 2 aliphatic heterocycles. The summed E-state index contributed by atoms with van der Waals surface area (Å²) >= 11 is 0. The Morgan fingerprint density at radius 2 is 1.79 bits per heavy atom. The molecule has 2 aliphatic rings. The lowest BCUT2D eigenvalue weighted by atomic mass is 9.91. The molecule has 0 unspecified atom stereocenters. The van der Waals surface area contributed by atoms with Gasteiger partial charge in [-0.3, -0.25) is 0 Å². The van der Waals surface area contributed by atoms with E-state index in [0.717, 1.165) is 25.8 Å². The largest absolute Gasteiger partial charge is 0.737 e. The molecule has 0 atom stereocenters. The van der Waals surface area contributed by atoms with Gasteiger partial charge >= 0.3 is 6.97 Å². The highest BCUT2D eigenvalue weighted by Crippen LogP contribution is 2.33. The minimum absolute atomic E-state index is 0.501. The first-order valence-corrected chi connectivity index (χ1v) is 9.26. The van der Waals surface area contributed by atoms with E-state index in [4.69, 9.17) is 0 Å². The van der Waals surface area contributed by atoms with E-state index in [1.807, 2.05) is 74.5 Å². The summed E-state index contributed by atoms with van der Waals surface area (Å²) in [6, 6.07) is 9.96. The SMILES string of the molecule is Cc1cc(/C=C/C=C/c2ccc(N(C)C)cc2)n2c1C=C1C=CC=[N+]1[B-]2(F)F. The van der Waals surface area contributed by atoms with Crippen molar-refractivity contribution in [3.63, 3.8) is 0 Å². The molecule has 0 bridgehead atoms. The number of fused-ring (bicyclic) bond motifs is 2. The molecule has 0 spiro atoms. The number of allylic oxidation sites excluding steroid dienone is 4. The van der Waals surface area contributed by atoms with Crippen LogP contribution in [0.3, 0.4) is 0 Å². The molecule has 28 heavy (non-hydrogen) atoms. The zero-order valence-corrected chi connectivity index (χ0v) is 16.2. The van der Waals surface area contributed by atoms with Crippen molar-refractivity contribution < 1.29 is 13.1 Å². The van der Waals surface area contributed by atoms with Crippen molar-refractivity contribution in [3.05, 3.63) is 82.8 Å². The van der Waals surface area contributed by atoms with E-state index in [2.05, 4.69) is 0 Å². The number of nitrogens with zero attached hydrogens (tertiary/aromatic N) is 3. The van der Waals surface area contributed by atoms with Crippen LogP contribution in [-0.2, 0) is 0 Å². The number of benzene rings is 1. The van der Waals surface area contributed by atoms with Crippen LogP contribution in [0.15, 0.2) is 60.3 Å². The van der Waals surface area contributed by atoms with Gasteiger partial charge in [0.15, 0.2) is 5.70 Å². The highest BCUT2D eigenvalue weighted by molar-refractivity contribution is 6.57. The zero-order valence-electron chi connectivity index (χ0n) is 16.2. The predicted molar refractivity (Wildman–Crippen MR) is 115 cm³/mol. The average Bonchev–Trinajstić information content (AvgIpc) is 3.25. The summed E-state index contributed by atoms with van der Waals surface area (Å²) in [4.78, 5) is 2.04. The molecule has 0 saturated heterocycles. The first-order valence-electron chi connectivity index (χ1n) is 9.26. The van der Waals surface area contributed by atoms with Crippen LogP contribution in [0.25, 0.3) is 18.2 Å². The number of hydrogen-bond acceptors (Lipinski definition) is 1. The van der Waals surface area contributed by atoms with Crippen molar-refractivity contribution in [1.82, 2.24) is 4.48 Å². The van der Waals surface area contributed by atoms with Crippen molar-refractivity contribution in [2.75, 3.05) is 19.0 Å². The number of rotatable bonds is 4. The van der Waals surface area contributed by atoms with Crippen molar-refractivity contribution in [3.8, 4) is 0 Å². The van der Waals surface area contributed by atoms with Crippen molar-refractivity contribution >= 4 is 37.1 Å². The second kappa shape index (κ2) is 6.78. The summed E-state index contributed by atoms with van der Waals surface area (Å²) in [6.07, 6.45) is 14.0. The lowest BCUT2D eigenvalue weighted by Crippen LogP contribution is -2.49. The van der Waals surface area contributed by atoms with Gasteiger partial charge in [0.05, 0.1) is 0 Å². The summed E-state index contributed by atoms with van der Waals surface area (Å²) in [5.74, 6) is 0. The molecule has 3 heterocycles. The van der Waals surface area contributed by atoms with Crippen LogP contribution in [-0.4, -0.2) is 36.2 Å². The summed E-state index contributed by atoms with van der Waals surface area (Å²) in [5.41, 5.74) is 4.64. The molecule has 1 aromatic carbocycles. The Bertz CT molecular complexity index is 1070. The Hall–Kier alpha value is -3.15. The van der Waals surface area contributed by atoms with Gasteiger partial charge in [0.1, 0.15) is 6.21 Å². The quantitative estimate of drug-likeness (QED) is 0.549. The first kappa shape index (κ1) is 18.2. The molecule has 0 N–H and O–H groups in total. The molecule has 0 aliphatic carbocycles. The topological polar surface area (TPSA) is 11.2 Å². The maximum atomic E-state index is 15.1. The third-order valence-corrected chi connectivity index (χ3v) is 5.12. The zero-order chi connectivity index (χ0) is 19.9. The molecule has 2 aromatic rings. The van der Waals surface area contributed by atoms with E-state index in [9.17, 15) is 0 Å². The van der Waals surface area contributed by atoms with Gasteiger partial charge in [0.2, 0.25) is 0 Å². The van der Waals surface area contributed by atoms with Crippen LogP contribution in [0.1, 0.15) is 22.5 Å². The Balaban J connectivity index is 1.60. The molecule has 6 heteroatoms. The average molecular weight is 377 g/mol. The van der Waals surface area contributed by atoms with Gasteiger partial charge in [-0.1, -0.05) is 30.4 Å². The summed E-state index contributed by atoms with van der Waals surface area (Å²) in [6.45, 7) is -2.03. The van der Waals surface area contributed by atoms with E-state index in [0.29, 0.717) is 17.1 Å². The van der Waals surface area contributed by atoms with E-state index >= 15 is 8.63 Å². The molecular formula is C22H22BF2N3. The second-order valence-electron chi connectivity index (χ2n) is 7.28. The number of halogens is 2. The van der Waals surface area contributed by atoms with Gasteiger partial charge in [-0.25, -0.2) is 0 Å². The minimum atomic E-state index is -3.90. The first-order chi connectivity index (χ1) is 13.4. The van der Waals surface area contributed by atoms with Gasteiger partial charge in [-0.2, -0.15) is 0 Å². The Morgan fingerprint density at radius 1 is 1.07 bits per heavy atom. The number of aromatic nitrogens is 1. The van der Waals surface area contributed by atoms with E-state index in [-0.39, 0.29) is 0 Å². The monoisotopic (exact) mass is 377 g/mol. The molecule has 0 fully saturated rings. The highest BCUT2D eigenvalue weighted by Gasteiger charge is 2.50. The highest BCUT2D eigenvalue weighted by atomic mass is 19.2. The van der Waals surface area contributed by atoms with Gasteiger partial charge < -0.3 is 22.5 Å². The van der Waals surface area contributed by atoms with Gasteiger partial charge in [-0.05, 0) is 42.3 Å². The van der Waals surface area contributed by atoms with Gasteiger partial charge in [-0.15, -0.1) is 0 Å². The van der Waals surface area contributed by atoms with E-state index < -0.39 is 6.97 Å². The standard InChI is InChI=1S/C22H22BF2N3/c1-17-15-21(8-5-4-7-18-10-12-19(13-11-18)26(2)3)28-22(17)16-20-9-6-14-27(20)23(28,24)25/h4-16H,1-3H3/b7-4+,8-5+. The number of aryl methyl sites for hydroxylation is 1. The van der Waals surface area contributed by atoms with Crippen LogP contribution in [0.4, 0.5) is 14.3 Å². The molecule has 3 nitrogen and oxygen atoms in total. The third kappa shape index (κ3) is 3.05. The predicted octanol–water partition coefficient (Wildman–Crippen LogP) is 4.82. The molecule has 0 radical (unpaired) electrons. The number of anilines is 1. The maximum Gasteiger partial charge on any atom is 0.737 e. The molecule has 4 rings (SSSR count). The van der Waals surface area contributed by atoms with E-state index in [1.54, 1.807) is 24.3 Å². The normalized spacial score (nSPS) is 17.0. The Kier molecular flexibility index (Phi) is 4.42. The lowest BCUT2D eigenvalue weighted by Gasteiger charge is -2.29. The fourth-order valence-electron chi connectivity index (χ4n) is 3.63. The van der Waals surface area contributed by atoms with Crippen molar-refractivity contribution in [1.29, 1.82) is 0 Å². The molecule has 0 saturated carbocycles. The van der Waals surface area contributed by atoms with Crippen LogP contribution in [0.2, 0.25) is 0 Å². The molecular weight excluding hydrogens is 355 g/mol. The second-order valence-corrected chi connectivity index (χ2v) is 7.28. The number of hydrogen-bond donors (Lipinski definition) is 0. The fourth-order valence-corrected chi connectivity index (χ4v) is 3.63. The van der Waals surface area contributed by atoms with Crippen LogP contribution < -0.4 is 4.90 Å². The molecule has 142 valence electrons. The fraction of sp³-hybridized carbons (Fsp3) is 0.136. The van der Waals surface area contributed by atoms with Crippen molar-refractivity contribution in [2.45, 2.75) is 6.92 Å². The van der Waals surface area contributed by atoms with Crippen molar-refractivity contribution in [2.24, 2.45) is 0 Å². The Labute approximate surface area is 164 Å². The molecule has 0 amide bonds. The molecule has 1 aromatic heterocycles. The Morgan fingerprint density at radius 3 is 2.50 bits per heavy atom. The van der Waals surface area contributed by atoms with E-state index in [1.165, 1.54) is 6.21 Å². The van der Waals surface area contributed by atoms with Crippen LogP contribution in [0, 0.1) is 6.92 Å². The van der Waals surface area contributed by atoms with Crippen LogP contribution in [0.5, 0.6) is 0 Å². The summed E-state index contributed by atoms with van der Waals surface area (Å²) in [5, 5.41) is 0. The third-order valence-electron chi connectivity index (χ3n) is 5.12. The van der Waals surface area contributed by atoms with Crippen LogP contribution >= 0.6 is 0 Å². The smallest absolute Gasteiger partial charge is 0.390 e. The van der Waals surface area contributed by atoms with Gasteiger partial charge in [0.25, 0.3) is 0 Å². The lowest BCUT2D eigenvalue weighted by molar-refractivity contribution is -0.355. The minimum Gasteiger partial charge on any atom is -0.390 e. The summed E-state index contributed by atoms with van der Waals surface area (Å²) < 4.78 is 32.4.